The van der Waals surface area contributed by atoms with Crippen molar-refractivity contribution in [1.29, 1.82) is 0 Å². The standard InChI is InChI=1S/C26H30N3O3/c1-29(19-15-24-27-16-9-17-28-24)18-8-14-23(20-29)32-25(30)26(31,21-10-4-2-5-11-21)22-12-6-3-7-13-22/h2-7,9-13,16-17,23,31H,8,14-15,18-20H2,1H3/q+1. The second-order valence-corrected chi connectivity index (χ2v) is 8.78. The lowest BCUT2D eigenvalue weighted by molar-refractivity contribution is -0.916. The average Bonchev–Trinajstić information content (AvgIpc) is 2.84. The molecule has 2 heterocycles. The molecule has 3 aromatic rings. The SMILES string of the molecule is C[N+]1(CCc2ncccn2)CCCC(OC(=O)C(O)(c2ccccc2)c2ccccc2)C1. The smallest absolute Gasteiger partial charge is 0.348 e. The van der Waals surface area contributed by atoms with E-state index < -0.39 is 11.6 Å². The van der Waals surface area contributed by atoms with E-state index in [0.717, 1.165) is 42.7 Å². The number of esters is 1. The predicted octanol–water partition coefficient (Wildman–Crippen LogP) is 3.11. The first-order chi connectivity index (χ1) is 15.5. The average molecular weight is 433 g/mol. The van der Waals surface area contributed by atoms with Crippen molar-refractivity contribution in [3.63, 3.8) is 0 Å². The first-order valence-corrected chi connectivity index (χ1v) is 11.1. The van der Waals surface area contributed by atoms with Gasteiger partial charge >= 0.3 is 5.97 Å². The molecule has 1 aliphatic heterocycles. The number of hydrogen-bond acceptors (Lipinski definition) is 5. The molecule has 2 aromatic carbocycles. The highest BCUT2D eigenvalue weighted by Gasteiger charge is 2.44. The van der Waals surface area contributed by atoms with Gasteiger partial charge in [0, 0.05) is 18.8 Å². The zero-order valence-electron chi connectivity index (χ0n) is 18.4. The molecule has 0 amide bonds. The van der Waals surface area contributed by atoms with Crippen molar-refractivity contribution in [3.05, 3.63) is 96.1 Å². The number of carbonyl (C=O) groups excluding carboxylic acids is 1. The summed E-state index contributed by atoms with van der Waals surface area (Å²) in [6, 6.07) is 19.8. The number of aliphatic hydroxyl groups is 1. The van der Waals surface area contributed by atoms with Crippen LogP contribution in [-0.4, -0.2) is 58.3 Å². The summed E-state index contributed by atoms with van der Waals surface area (Å²) in [5.41, 5.74) is -0.836. The van der Waals surface area contributed by atoms with E-state index in [0.29, 0.717) is 17.7 Å². The first-order valence-electron chi connectivity index (χ1n) is 11.1. The number of hydrogen-bond donors (Lipinski definition) is 1. The maximum Gasteiger partial charge on any atom is 0.348 e. The van der Waals surface area contributed by atoms with Crippen LogP contribution in [0.5, 0.6) is 0 Å². The zero-order valence-corrected chi connectivity index (χ0v) is 18.4. The Kier molecular flexibility index (Phi) is 6.63. The topological polar surface area (TPSA) is 72.3 Å². The highest BCUT2D eigenvalue weighted by atomic mass is 16.6. The van der Waals surface area contributed by atoms with Crippen molar-refractivity contribution in [2.45, 2.75) is 31.0 Å². The summed E-state index contributed by atoms with van der Waals surface area (Å²) < 4.78 is 6.76. The Bertz CT molecular complexity index is 975. The zero-order chi connectivity index (χ0) is 22.4. The molecule has 2 atom stereocenters. The molecule has 0 radical (unpaired) electrons. The Morgan fingerprint density at radius 1 is 1.03 bits per heavy atom. The Morgan fingerprint density at radius 2 is 1.62 bits per heavy atom. The number of benzene rings is 2. The molecule has 6 heteroatoms. The van der Waals surface area contributed by atoms with Crippen LogP contribution in [0.2, 0.25) is 0 Å². The minimum absolute atomic E-state index is 0.253. The number of carbonyl (C=O) groups is 1. The monoisotopic (exact) mass is 432 g/mol. The molecule has 166 valence electrons. The third kappa shape index (κ3) is 4.87. The summed E-state index contributed by atoms with van der Waals surface area (Å²) >= 11 is 0. The number of piperidine rings is 1. The van der Waals surface area contributed by atoms with Gasteiger partial charge in [-0.15, -0.1) is 0 Å². The van der Waals surface area contributed by atoms with E-state index >= 15 is 0 Å². The number of nitrogens with zero attached hydrogens (tertiary/aromatic N) is 3. The summed E-state index contributed by atoms with van der Waals surface area (Å²) in [6.45, 7) is 2.60. The Hall–Kier alpha value is -3.09. The summed E-state index contributed by atoms with van der Waals surface area (Å²) in [5.74, 6) is 0.202. The van der Waals surface area contributed by atoms with Crippen molar-refractivity contribution < 1.29 is 19.1 Å². The second kappa shape index (κ2) is 9.59. The maximum absolute atomic E-state index is 13.4. The molecule has 1 fully saturated rings. The highest BCUT2D eigenvalue weighted by molar-refractivity contribution is 5.85. The van der Waals surface area contributed by atoms with Crippen LogP contribution in [0.4, 0.5) is 0 Å². The van der Waals surface area contributed by atoms with Crippen LogP contribution < -0.4 is 0 Å². The molecule has 0 spiro atoms. The lowest BCUT2D eigenvalue weighted by atomic mass is 9.86. The van der Waals surface area contributed by atoms with Crippen LogP contribution in [-0.2, 0) is 21.6 Å². The fraction of sp³-hybridized carbons (Fsp3) is 0.346. The van der Waals surface area contributed by atoms with Gasteiger partial charge in [0.25, 0.3) is 0 Å². The van der Waals surface area contributed by atoms with E-state index in [2.05, 4.69) is 17.0 Å². The lowest BCUT2D eigenvalue weighted by Crippen LogP contribution is -2.55. The van der Waals surface area contributed by atoms with Crippen molar-refractivity contribution in [3.8, 4) is 0 Å². The lowest BCUT2D eigenvalue weighted by Gasteiger charge is -2.41. The van der Waals surface area contributed by atoms with Crippen LogP contribution in [0.25, 0.3) is 0 Å². The first kappa shape index (κ1) is 22.1. The van der Waals surface area contributed by atoms with Crippen molar-refractivity contribution in [2.75, 3.05) is 26.7 Å². The van der Waals surface area contributed by atoms with E-state index in [1.54, 1.807) is 36.7 Å². The maximum atomic E-state index is 13.4. The summed E-state index contributed by atoms with van der Waals surface area (Å²) in [6.07, 6.45) is 5.79. The van der Waals surface area contributed by atoms with Crippen LogP contribution >= 0.6 is 0 Å². The molecule has 32 heavy (non-hydrogen) atoms. The number of ether oxygens (including phenoxy) is 1. The van der Waals surface area contributed by atoms with Gasteiger partial charge in [-0.1, -0.05) is 60.7 Å². The van der Waals surface area contributed by atoms with E-state index in [-0.39, 0.29) is 6.10 Å². The van der Waals surface area contributed by atoms with Crippen molar-refractivity contribution in [1.82, 2.24) is 9.97 Å². The van der Waals surface area contributed by atoms with Gasteiger partial charge in [0.05, 0.1) is 26.6 Å². The summed E-state index contributed by atoms with van der Waals surface area (Å²) in [7, 11) is 2.18. The van der Waals surface area contributed by atoms with Gasteiger partial charge in [0.1, 0.15) is 12.4 Å². The molecule has 0 bridgehead atoms. The Labute approximate surface area is 189 Å². The van der Waals surface area contributed by atoms with Crippen LogP contribution in [0.1, 0.15) is 29.8 Å². The number of rotatable bonds is 7. The van der Waals surface area contributed by atoms with Gasteiger partial charge in [0.15, 0.2) is 6.10 Å². The molecule has 6 nitrogen and oxygen atoms in total. The van der Waals surface area contributed by atoms with Crippen LogP contribution in [0.3, 0.4) is 0 Å². The number of quaternary nitrogens is 1. The molecular weight excluding hydrogens is 402 g/mol. The molecule has 2 unspecified atom stereocenters. The van der Waals surface area contributed by atoms with Crippen LogP contribution in [0.15, 0.2) is 79.1 Å². The number of aromatic nitrogens is 2. The Morgan fingerprint density at radius 3 is 2.22 bits per heavy atom. The number of likely N-dealkylation sites (N-methyl/N-ethyl adjacent to an activating group) is 1. The molecular formula is C26H30N3O3+. The summed E-state index contributed by atoms with van der Waals surface area (Å²) in [5, 5.41) is 11.6. The Balaban J connectivity index is 1.49. The third-order valence-electron chi connectivity index (χ3n) is 6.32. The molecule has 1 aliphatic rings. The van der Waals surface area contributed by atoms with Gasteiger partial charge in [0.2, 0.25) is 5.60 Å². The fourth-order valence-electron chi connectivity index (χ4n) is 4.50. The van der Waals surface area contributed by atoms with E-state index in [1.165, 1.54) is 0 Å². The minimum Gasteiger partial charge on any atom is -0.454 e. The molecule has 4 rings (SSSR count). The second-order valence-electron chi connectivity index (χ2n) is 8.78. The predicted molar refractivity (Wildman–Crippen MR) is 122 cm³/mol. The van der Waals surface area contributed by atoms with E-state index in [9.17, 15) is 9.90 Å². The molecule has 1 aromatic heterocycles. The third-order valence-corrected chi connectivity index (χ3v) is 6.32. The van der Waals surface area contributed by atoms with Gasteiger partial charge < -0.3 is 14.3 Å². The van der Waals surface area contributed by atoms with Gasteiger partial charge in [-0.05, 0) is 23.6 Å². The van der Waals surface area contributed by atoms with Gasteiger partial charge in [-0.3, -0.25) is 0 Å². The minimum atomic E-state index is -1.85. The van der Waals surface area contributed by atoms with Crippen LogP contribution in [0, 0.1) is 0 Å². The molecule has 0 saturated carbocycles. The van der Waals surface area contributed by atoms with Crippen molar-refractivity contribution in [2.24, 2.45) is 0 Å². The van der Waals surface area contributed by atoms with E-state index in [1.807, 2.05) is 42.5 Å². The number of likely N-dealkylation sites (tertiary alicyclic amines) is 1. The normalized spacial score (nSPS) is 21.1. The van der Waals surface area contributed by atoms with Gasteiger partial charge in [-0.2, -0.15) is 0 Å². The molecule has 1 saturated heterocycles. The molecule has 1 N–H and O–H groups in total. The summed E-state index contributed by atoms with van der Waals surface area (Å²) in [4.78, 5) is 22.1. The van der Waals surface area contributed by atoms with Gasteiger partial charge in [-0.25, -0.2) is 14.8 Å². The largest absolute Gasteiger partial charge is 0.454 e. The van der Waals surface area contributed by atoms with Crippen molar-refractivity contribution >= 4 is 5.97 Å². The highest BCUT2D eigenvalue weighted by Crippen LogP contribution is 2.32. The molecule has 0 aliphatic carbocycles. The quantitative estimate of drug-likeness (QED) is 0.459. The fourth-order valence-corrected chi connectivity index (χ4v) is 4.50. The van der Waals surface area contributed by atoms with E-state index in [4.69, 9.17) is 4.74 Å².